The van der Waals surface area contributed by atoms with Crippen molar-refractivity contribution < 1.29 is 36.1 Å². The molecule has 1 unspecified atom stereocenters. The minimum absolute atomic E-state index is 0.0277. The molecular formula is C41H46F2N2O6S. The van der Waals surface area contributed by atoms with Crippen molar-refractivity contribution in [1.82, 2.24) is 5.32 Å². The fourth-order valence-corrected chi connectivity index (χ4v) is 5.50. The van der Waals surface area contributed by atoms with Crippen LogP contribution in [-0.4, -0.2) is 42.7 Å². The molecular weight excluding hydrogens is 687 g/mol. The Balaban J connectivity index is 1.56. The van der Waals surface area contributed by atoms with Crippen LogP contribution in [0.25, 0.3) is 17.2 Å². The fourth-order valence-electron chi connectivity index (χ4n) is 5.14. The number of rotatable bonds is 13. The monoisotopic (exact) mass is 732 g/mol. The molecule has 2 amide bonds. The van der Waals surface area contributed by atoms with Gasteiger partial charge < -0.3 is 15.4 Å². The van der Waals surface area contributed by atoms with Crippen molar-refractivity contribution in [2.75, 3.05) is 17.6 Å². The molecule has 0 saturated carbocycles. The van der Waals surface area contributed by atoms with Crippen LogP contribution in [0.15, 0.2) is 91.0 Å². The van der Waals surface area contributed by atoms with Gasteiger partial charge in [0, 0.05) is 23.7 Å². The van der Waals surface area contributed by atoms with Gasteiger partial charge >= 0.3 is 0 Å². The second-order valence-electron chi connectivity index (χ2n) is 14.8. The van der Waals surface area contributed by atoms with Crippen molar-refractivity contribution >= 4 is 33.7 Å². The van der Waals surface area contributed by atoms with E-state index < -0.39 is 45.2 Å². The van der Waals surface area contributed by atoms with E-state index in [-0.39, 0.29) is 40.8 Å². The number of carbonyl (C=O) groups is 2. The summed E-state index contributed by atoms with van der Waals surface area (Å²) < 4.78 is 67.6. The third-order valence-corrected chi connectivity index (χ3v) is 8.70. The Kier molecular flexibility index (Phi) is 12.9. The Morgan fingerprint density at radius 1 is 0.846 bits per heavy atom. The van der Waals surface area contributed by atoms with Gasteiger partial charge in [0.25, 0.3) is 16.0 Å². The lowest BCUT2D eigenvalue weighted by atomic mass is 9.89. The van der Waals surface area contributed by atoms with E-state index in [4.69, 9.17) is 9.29 Å². The van der Waals surface area contributed by atoms with Gasteiger partial charge in [-0.1, -0.05) is 93.6 Å². The molecule has 0 aliphatic heterocycles. The first-order chi connectivity index (χ1) is 24.3. The highest BCUT2D eigenvalue weighted by Gasteiger charge is 2.24. The van der Waals surface area contributed by atoms with Gasteiger partial charge in [-0.2, -0.15) is 8.42 Å². The highest BCUT2D eigenvalue weighted by atomic mass is 32.2. The lowest BCUT2D eigenvalue weighted by Crippen LogP contribution is -2.28. The fraction of sp³-hybridized carbons (Fsp3) is 0.317. The van der Waals surface area contributed by atoms with Gasteiger partial charge in [0.15, 0.2) is 0 Å². The highest BCUT2D eigenvalue weighted by molar-refractivity contribution is 7.85. The maximum absolute atomic E-state index is 15.5. The van der Waals surface area contributed by atoms with Crippen molar-refractivity contribution in [2.24, 2.45) is 5.41 Å². The van der Waals surface area contributed by atoms with Gasteiger partial charge in [0.05, 0.1) is 29.6 Å². The molecule has 52 heavy (non-hydrogen) atoms. The van der Waals surface area contributed by atoms with Gasteiger partial charge in [0.2, 0.25) is 5.91 Å². The highest BCUT2D eigenvalue weighted by Crippen LogP contribution is 2.31. The molecule has 4 rings (SSSR count). The standard InChI is InChI=1S/C41H46F2N2O6S/c1-40(2,3)20-19-27-7-13-31(14-8-27)34(23-28-9-17-32(18-10-28)38(46)44-21-22-52(48,49)50)39(47)45-37-25-35(42)33(24-36(37)43)30-15-11-29(12-16-30)26-51-41(4,5)6/h7-20,24-25,34H,21-23,26H2,1-6H3,(H,44,46)(H,45,47)(H,48,49,50). The van der Waals surface area contributed by atoms with E-state index in [1.165, 1.54) is 12.1 Å². The summed E-state index contributed by atoms with van der Waals surface area (Å²) in [6.07, 6.45) is 4.23. The molecule has 1 atom stereocenters. The molecule has 0 aliphatic carbocycles. The molecule has 0 aliphatic rings. The summed E-state index contributed by atoms with van der Waals surface area (Å²) in [5, 5.41) is 5.02. The molecule has 0 radical (unpaired) electrons. The minimum Gasteiger partial charge on any atom is -0.371 e. The lowest BCUT2D eigenvalue weighted by Gasteiger charge is -2.20. The third-order valence-electron chi connectivity index (χ3n) is 7.98. The van der Waals surface area contributed by atoms with Gasteiger partial charge in [-0.05, 0) is 78.6 Å². The number of ether oxygens (including phenoxy) is 1. The average Bonchev–Trinajstić information content (AvgIpc) is 3.06. The van der Waals surface area contributed by atoms with Crippen molar-refractivity contribution in [1.29, 1.82) is 0 Å². The van der Waals surface area contributed by atoms with E-state index in [2.05, 4.69) is 37.5 Å². The quantitative estimate of drug-likeness (QED) is 0.118. The molecule has 3 N–H and O–H groups in total. The zero-order valence-corrected chi connectivity index (χ0v) is 31.1. The van der Waals surface area contributed by atoms with Gasteiger partial charge in [0.1, 0.15) is 11.6 Å². The van der Waals surface area contributed by atoms with E-state index in [9.17, 15) is 18.0 Å². The number of nitrogens with one attached hydrogen (secondary N) is 2. The van der Waals surface area contributed by atoms with E-state index in [0.29, 0.717) is 23.3 Å². The molecule has 0 heterocycles. The first kappa shape index (κ1) is 40.1. The second kappa shape index (κ2) is 16.8. The number of hydrogen-bond donors (Lipinski definition) is 3. The molecule has 4 aromatic carbocycles. The Labute approximate surface area is 305 Å². The maximum Gasteiger partial charge on any atom is 0.266 e. The Morgan fingerprint density at radius 3 is 2.04 bits per heavy atom. The van der Waals surface area contributed by atoms with Gasteiger partial charge in [-0.15, -0.1) is 0 Å². The number of carbonyl (C=O) groups excluding carboxylic acids is 2. The molecule has 4 aromatic rings. The minimum atomic E-state index is -4.22. The van der Waals surface area contributed by atoms with Crippen molar-refractivity contribution in [2.45, 2.75) is 66.1 Å². The van der Waals surface area contributed by atoms with Crippen LogP contribution < -0.4 is 10.6 Å². The van der Waals surface area contributed by atoms with Crippen LogP contribution in [0.5, 0.6) is 0 Å². The predicted octanol–water partition coefficient (Wildman–Crippen LogP) is 8.59. The number of halogens is 2. The zero-order valence-electron chi connectivity index (χ0n) is 30.3. The first-order valence-corrected chi connectivity index (χ1v) is 18.5. The molecule has 0 bridgehead atoms. The molecule has 0 aromatic heterocycles. The summed E-state index contributed by atoms with van der Waals surface area (Å²) in [5.41, 5.74) is 3.28. The lowest BCUT2D eigenvalue weighted by molar-refractivity contribution is -0.117. The molecule has 8 nitrogen and oxygen atoms in total. The summed E-state index contributed by atoms with van der Waals surface area (Å²) in [6, 6.07) is 22.8. The Morgan fingerprint density at radius 2 is 1.46 bits per heavy atom. The zero-order chi connectivity index (χ0) is 38.3. The number of amides is 2. The van der Waals surface area contributed by atoms with Crippen molar-refractivity contribution in [3.8, 4) is 11.1 Å². The molecule has 11 heteroatoms. The SMILES string of the molecule is CC(C)(C)C=Cc1ccc(C(Cc2ccc(C(=O)NCCS(=O)(=O)O)cc2)C(=O)Nc2cc(F)c(-c3ccc(COC(C)(C)C)cc3)cc2F)cc1. The summed E-state index contributed by atoms with van der Waals surface area (Å²) in [6.45, 7) is 12.2. The molecule has 0 spiro atoms. The van der Waals surface area contributed by atoms with Crippen LogP contribution in [0.2, 0.25) is 0 Å². The third kappa shape index (κ3) is 12.5. The van der Waals surface area contributed by atoms with Gasteiger partial charge in [-0.3, -0.25) is 14.1 Å². The van der Waals surface area contributed by atoms with Crippen molar-refractivity contribution in [3.63, 3.8) is 0 Å². The normalized spacial score (nSPS) is 12.9. The Hall–Kier alpha value is -4.71. The predicted molar refractivity (Wildman–Crippen MR) is 202 cm³/mol. The molecule has 0 saturated heterocycles. The second-order valence-corrected chi connectivity index (χ2v) is 16.3. The van der Waals surface area contributed by atoms with Gasteiger partial charge in [-0.25, -0.2) is 8.78 Å². The van der Waals surface area contributed by atoms with Crippen LogP contribution in [-0.2, 0) is 32.7 Å². The van der Waals surface area contributed by atoms with Crippen LogP contribution in [0.1, 0.15) is 80.1 Å². The molecule has 0 fully saturated rings. The summed E-state index contributed by atoms with van der Waals surface area (Å²) in [7, 11) is -4.22. The van der Waals surface area contributed by atoms with Crippen molar-refractivity contribution in [3.05, 3.63) is 130 Å². The maximum atomic E-state index is 15.5. The van der Waals surface area contributed by atoms with E-state index in [1.54, 1.807) is 36.4 Å². The van der Waals surface area contributed by atoms with Crippen LogP contribution in [0.4, 0.5) is 14.5 Å². The van der Waals surface area contributed by atoms with E-state index in [0.717, 1.165) is 23.3 Å². The summed E-state index contributed by atoms with van der Waals surface area (Å²) in [4.78, 5) is 26.3. The topological polar surface area (TPSA) is 122 Å². The average molecular weight is 733 g/mol. The summed E-state index contributed by atoms with van der Waals surface area (Å²) >= 11 is 0. The number of allylic oxidation sites excluding steroid dienone is 1. The van der Waals surface area contributed by atoms with Crippen LogP contribution >= 0.6 is 0 Å². The van der Waals surface area contributed by atoms with Crippen LogP contribution in [0, 0.1) is 17.0 Å². The summed E-state index contributed by atoms with van der Waals surface area (Å²) in [5.74, 6) is -4.02. The van der Waals surface area contributed by atoms with E-state index >= 15 is 8.78 Å². The number of hydrogen-bond acceptors (Lipinski definition) is 5. The smallest absolute Gasteiger partial charge is 0.266 e. The first-order valence-electron chi connectivity index (χ1n) is 16.9. The number of benzene rings is 4. The van der Waals surface area contributed by atoms with Crippen LogP contribution in [0.3, 0.4) is 0 Å². The van der Waals surface area contributed by atoms with E-state index in [1.807, 2.05) is 51.1 Å². The number of anilines is 1. The molecule has 276 valence electrons. The Bertz CT molecular complexity index is 2000. The largest absolute Gasteiger partial charge is 0.371 e.